The lowest BCUT2D eigenvalue weighted by atomic mass is 9.89. The van der Waals surface area contributed by atoms with Gasteiger partial charge in [0, 0.05) is 0 Å². The smallest absolute Gasteiger partial charge is 0.411 e. The summed E-state index contributed by atoms with van der Waals surface area (Å²) >= 11 is 0. The fourth-order valence-electron chi connectivity index (χ4n) is 3.86. The highest BCUT2D eigenvalue weighted by atomic mass is 16.6. The number of carbonyl (C=O) groups is 1. The number of amides is 1. The topological polar surface area (TPSA) is 38.8 Å². The molecule has 1 amide bonds. The summed E-state index contributed by atoms with van der Waals surface area (Å²) in [6.45, 7) is 7.33. The van der Waals surface area contributed by atoms with Gasteiger partial charge in [-0.05, 0) is 35.6 Å². The Bertz CT molecular complexity index is 886. The Balaban J connectivity index is 1.49. The first-order valence-electron chi connectivity index (χ1n) is 9.65. The Labute approximate surface area is 166 Å². The normalized spacial score (nSPS) is 21.0. The first-order valence-corrected chi connectivity index (χ1v) is 9.65. The molecule has 2 unspecified atom stereocenters. The minimum atomic E-state index is -0.268. The number of hydrogen-bond acceptors (Lipinski definition) is 3. The second-order valence-electron chi connectivity index (χ2n) is 7.46. The second-order valence-corrected chi connectivity index (χ2v) is 7.46. The van der Waals surface area contributed by atoms with Gasteiger partial charge >= 0.3 is 6.09 Å². The number of rotatable bonds is 4. The van der Waals surface area contributed by atoms with Gasteiger partial charge in [0.2, 0.25) is 0 Å². The predicted molar refractivity (Wildman–Crippen MR) is 111 cm³/mol. The zero-order valence-corrected chi connectivity index (χ0v) is 16.1. The molecule has 2 bridgehead atoms. The number of hydrogen-bond donors (Lipinski definition) is 0. The molecule has 1 saturated heterocycles. The molecule has 4 rings (SSSR count). The standard InChI is InChI=1S/C24H25NO3/c1-17(2)19-8-10-20(11-9-19)21-12-22-15-27-16-23(13-21)25(22)24(26)28-14-18-6-4-3-5-7-18/h3-12,22-23H,1,13-16H2,2H3. The van der Waals surface area contributed by atoms with Gasteiger partial charge in [-0.3, -0.25) is 4.90 Å². The summed E-state index contributed by atoms with van der Waals surface area (Å²) in [5.74, 6) is 0. The maximum absolute atomic E-state index is 12.8. The molecule has 2 aromatic carbocycles. The lowest BCUT2D eigenvalue weighted by Gasteiger charge is -2.43. The van der Waals surface area contributed by atoms with Crippen LogP contribution in [0.1, 0.15) is 30.0 Å². The highest BCUT2D eigenvalue weighted by Crippen LogP contribution is 2.33. The molecule has 4 nitrogen and oxygen atoms in total. The average molecular weight is 375 g/mol. The number of nitrogens with zero attached hydrogens (tertiary/aromatic N) is 1. The van der Waals surface area contributed by atoms with E-state index in [9.17, 15) is 4.79 Å². The highest BCUT2D eigenvalue weighted by Gasteiger charge is 2.39. The van der Waals surface area contributed by atoms with Gasteiger partial charge in [-0.25, -0.2) is 4.79 Å². The maximum atomic E-state index is 12.8. The molecule has 2 aliphatic rings. The molecule has 0 spiro atoms. The van der Waals surface area contributed by atoms with E-state index < -0.39 is 0 Å². The zero-order chi connectivity index (χ0) is 19.5. The molecule has 0 saturated carbocycles. The average Bonchev–Trinajstić information content (AvgIpc) is 2.72. The second kappa shape index (κ2) is 8.03. The number of allylic oxidation sites excluding steroid dienone is 1. The monoisotopic (exact) mass is 375 g/mol. The first-order chi connectivity index (χ1) is 13.6. The van der Waals surface area contributed by atoms with Crippen molar-refractivity contribution in [1.82, 2.24) is 4.90 Å². The van der Waals surface area contributed by atoms with Gasteiger partial charge < -0.3 is 9.47 Å². The molecule has 144 valence electrons. The lowest BCUT2D eigenvalue weighted by Crippen LogP contribution is -2.56. The van der Waals surface area contributed by atoms with Crippen molar-refractivity contribution in [2.75, 3.05) is 13.2 Å². The van der Waals surface area contributed by atoms with Crippen LogP contribution in [-0.2, 0) is 16.1 Å². The van der Waals surface area contributed by atoms with Crippen molar-refractivity contribution < 1.29 is 14.3 Å². The molecular weight excluding hydrogens is 350 g/mol. The molecule has 0 radical (unpaired) electrons. The molecule has 0 aliphatic carbocycles. The van der Waals surface area contributed by atoms with E-state index >= 15 is 0 Å². The van der Waals surface area contributed by atoms with Crippen molar-refractivity contribution in [3.8, 4) is 0 Å². The van der Waals surface area contributed by atoms with Gasteiger partial charge in [0.25, 0.3) is 0 Å². The van der Waals surface area contributed by atoms with Gasteiger partial charge in [0.1, 0.15) is 6.61 Å². The highest BCUT2D eigenvalue weighted by molar-refractivity contribution is 5.75. The number of fused-ring (bicyclic) bond motifs is 2. The summed E-state index contributed by atoms with van der Waals surface area (Å²) in [7, 11) is 0. The summed E-state index contributed by atoms with van der Waals surface area (Å²) in [4.78, 5) is 14.6. The van der Waals surface area contributed by atoms with Crippen molar-refractivity contribution in [2.24, 2.45) is 0 Å². The molecule has 2 heterocycles. The van der Waals surface area contributed by atoms with Crippen molar-refractivity contribution >= 4 is 17.2 Å². The largest absolute Gasteiger partial charge is 0.445 e. The van der Waals surface area contributed by atoms with Crippen LogP contribution in [0.3, 0.4) is 0 Å². The minimum absolute atomic E-state index is 0.00263. The quantitative estimate of drug-likeness (QED) is 0.762. The zero-order valence-electron chi connectivity index (χ0n) is 16.1. The number of carbonyl (C=O) groups excluding carboxylic acids is 1. The number of morpholine rings is 1. The molecular formula is C24H25NO3. The van der Waals surface area contributed by atoms with Crippen LogP contribution in [0.4, 0.5) is 4.79 Å². The SMILES string of the molecule is C=C(C)c1ccc(C2=CC3COCC(C2)N3C(=O)OCc2ccccc2)cc1. The fraction of sp³-hybridized carbons (Fsp3) is 0.292. The summed E-state index contributed by atoms with van der Waals surface area (Å²) in [5.41, 5.74) is 5.65. The van der Waals surface area contributed by atoms with Gasteiger partial charge in [-0.1, -0.05) is 72.8 Å². The van der Waals surface area contributed by atoms with Crippen LogP contribution >= 0.6 is 0 Å². The van der Waals surface area contributed by atoms with Crippen molar-refractivity contribution in [1.29, 1.82) is 0 Å². The molecule has 4 heteroatoms. The third-order valence-corrected chi connectivity index (χ3v) is 5.36. The van der Waals surface area contributed by atoms with E-state index in [1.54, 1.807) is 0 Å². The summed E-state index contributed by atoms with van der Waals surface area (Å²) in [6, 6.07) is 18.1. The van der Waals surface area contributed by atoms with E-state index in [4.69, 9.17) is 9.47 Å². The van der Waals surface area contributed by atoms with Crippen LogP contribution < -0.4 is 0 Å². The molecule has 0 aromatic heterocycles. The molecule has 0 N–H and O–H groups in total. The van der Waals surface area contributed by atoms with Crippen LogP contribution in [-0.4, -0.2) is 36.3 Å². The minimum Gasteiger partial charge on any atom is -0.445 e. The Morgan fingerprint density at radius 3 is 2.57 bits per heavy atom. The van der Waals surface area contributed by atoms with E-state index in [1.807, 2.05) is 42.2 Å². The van der Waals surface area contributed by atoms with Crippen molar-refractivity contribution in [3.63, 3.8) is 0 Å². The van der Waals surface area contributed by atoms with Crippen LogP contribution in [0.2, 0.25) is 0 Å². The van der Waals surface area contributed by atoms with E-state index in [0.29, 0.717) is 13.2 Å². The molecule has 2 atom stereocenters. The molecule has 28 heavy (non-hydrogen) atoms. The van der Waals surface area contributed by atoms with Crippen LogP contribution in [0.5, 0.6) is 0 Å². The van der Waals surface area contributed by atoms with Crippen LogP contribution in [0.15, 0.2) is 67.3 Å². The lowest BCUT2D eigenvalue weighted by molar-refractivity contribution is -0.0342. The maximum Gasteiger partial charge on any atom is 0.411 e. The van der Waals surface area contributed by atoms with Gasteiger partial charge in [-0.15, -0.1) is 0 Å². The third-order valence-electron chi connectivity index (χ3n) is 5.36. The van der Waals surface area contributed by atoms with Crippen molar-refractivity contribution in [3.05, 3.63) is 83.9 Å². The van der Waals surface area contributed by atoms with E-state index in [-0.39, 0.29) is 24.8 Å². The van der Waals surface area contributed by atoms with Crippen LogP contribution in [0, 0.1) is 0 Å². The summed E-state index contributed by atoms with van der Waals surface area (Å²) < 4.78 is 11.3. The van der Waals surface area contributed by atoms with E-state index in [2.05, 4.69) is 36.9 Å². The van der Waals surface area contributed by atoms with Gasteiger partial charge in [-0.2, -0.15) is 0 Å². The molecule has 1 fully saturated rings. The summed E-state index contributed by atoms with van der Waals surface area (Å²) in [6.07, 6.45) is 2.65. The Kier molecular flexibility index (Phi) is 5.31. The first kappa shape index (κ1) is 18.5. The Morgan fingerprint density at radius 2 is 1.89 bits per heavy atom. The van der Waals surface area contributed by atoms with E-state index in [0.717, 1.165) is 23.1 Å². The molecule has 2 aromatic rings. The van der Waals surface area contributed by atoms with Crippen molar-refractivity contribution in [2.45, 2.75) is 32.0 Å². The van der Waals surface area contributed by atoms with Gasteiger partial charge in [0.15, 0.2) is 0 Å². The Morgan fingerprint density at radius 1 is 1.14 bits per heavy atom. The van der Waals surface area contributed by atoms with Gasteiger partial charge in [0.05, 0.1) is 25.3 Å². The van der Waals surface area contributed by atoms with E-state index in [1.165, 1.54) is 11.1 Å². The Hall–Kier alpha value is -2.85. The molecule has 2 aliphatic heterocycles. The number of benzene rings is 2. The fourth-order valence-corrected chi connectivity index (χ4v) is 3.86. The predicted octanol–water partition coefficient (Wildman–Crippen LogP) is 4.91. The number of ether oxygens (including phenoxy) is 2. The summed E-state index contributed by atoms with van der Waals surface area (Å²) in [5, 5.41) is 0. The third kappa shape index (κ3) is 3.87. The van der Waals surface area contributed by atoms with Crippen LogP contribution in [0.25, 0.3) is 11.1 Å².